The van der Waals surface area contributed by atoms with Crippen LogP contribution in [0.1, 0.15) is 0 Å². The summed E-state index contributed by atoms with van der Waals surface area (Å²) in [5, 5.41) is 9.17. The molecule has 0 atom stereocenters. The van der Waals surface area contributed by atoms with Crippen LogP contribution in [0.25, 0.3) is 0 Å². The maximum Gasteiger partial charge on any atom is 0.262 e. The second kappa shape index (κ2) is 3.29. The summed E-state index contributed by atoms with van der Waals surface area (Å²) in [4.78, 5) is 6.54. The molecule has 4 N–H and O–H groups in total. The van der Waals surface area contributed by atoms with Crippen LogP contribution in [-0.4, -0.2) is 15.1 Å². The largest absolute Gasteiger partial charge is 0.508 e. The van der Waals surface area contributed by atoms with Crippen molar-refractivity contribution in [3.63, 3.8) is 0 Å². The van der Waals surface area contributed by atoms with Gasteiger partial charge in [-0.1, -0.05) is 6.07 Å². The summed E-state index contributed by atoms with van der Waals surface area (Å²) < 4.78 is 5.30. The highest BCUT2D eigenvalue weighted by Crippen LogP contribution is 2.25. The summed E-state index contributed by atoms with van der Waals surface area (Å²) in [6.07, 6.45) is 1.44. The third-order valence-electron chi connectivity index (χ3n) is 1.66. The minimum atomic E-state index is 0.136. The lowest BCUT2D eigenvalue weighted by molar-refractivity contribution is 0.448. The molecule has 2 aromatic rings. The minimum absolute atomic E-state index is 0.136. The van der Waals surface area contributed by atoms with Crippen LogP contribution in [0.4, 0.5) is 5.82 Å². The lowest BCUT2D eigenvalue weighted by Crippen LogP contribution is -1.90. The average Bonchev–Trinajstić information content (AvgIpc) is 2.52. The van der Waals surface area contributed by atoms with E-state index >= 15 is 0 Å². The van der Waals surface area contributed by atoms with Gasteiger partial charge in [-0.05, 0) is 12.1 Å². The highest BCUT2D eigenvalue weighted by Gasteiger charge is 2.04. The number of ether oxygens (including phenoxy) is 1. The number of phenols is 1. The number of anilines is 1. The van der Waals surface area contributed by atoms with Gasteiger partial charge in [-0.25, -0.2) is 4.98 Å². The molecule has 0 aliphatic rings. The van der Waals surface area contributed by atoms with Crippen molar-refractivity contribution in [2.75, 3.05) is 5.73 Å². The van der Waals surface area contributed by atoms with Crippen molar-refractivity contribution in [1.82, 2.24) is 9.97 Å². The molecule has 1 aromatic carbocycles. The summed E-state index contributed by atoms with van der Waals surface area (Å²) in [5.41, 5.74) is 5.52. The predicted octanol–water partition coefficient (Wildman–Crippen LogP) is 1.49. The third-order valence-corrected chi connectivity index (χ3v) is 1.66. The van der Waals surface area contributed by atoms with Crippen LogP contribution in [0.15, 0.2) is 30.6 Å². The lowest BCUT2D eigenvalue weighted by Gasteiger charge is -2.02. The Bertz CT molecular complexity index is 439. The number of aromatic nitrogens is 2. The molecule has 14 heavy (non-hydrogen) atoms. The number of nitrogens with two attached hydrogens (primary N) is 1. The van der Waals surface area contributed by atoms with Crippen LogP contribution in [-0.2, 0) is 0 Å². The number of nitrogen functional groups attached to an aromatic ring is 1. The lowest BCUT2D eigenvalue weighted by atomic mass is 10.3. The number of rotatable bonds is 2. The Kier molecular flexibility index (Phi) is 1.98. The Balaban J connectivity index is 2.23. The summed E-state index contributed by atoms with van der Waals surface area (Å²) in [7, 11) is 0. The second-order valence-electron chi connectivity index (χ2n) is 2.72. The smallest absolute Gasteiger partial charge is 0.262 e. The van der Waals surface area contributed by atoms with Gasteiger partial charge in [0, 0.05) is 6.07 Å². The summed E-state index contributed by atoms with van der Waals surface area (Å²) in [6.45, 7) is 0. The van der Waals surface area contributed by atoms with E-state index in [1.165, 1.54) is 12.4 Å². The van der Waals surface area contributed by atoms with Gasteiger partial charge in [0.15, 0.2) is 5.82 Å². The van der Waals surface area contributed by atoms with Crippen molar-refractivity contribution in [3.8, 4) is 17.4 Å². The average molecular weight is 191 g/mol. The number of hydrogen-bond donors (Lipinski definition) is 3. The van der Waals surface area contributed by atoms with Crippen LogP contribution in [0.5, 0.6) is 17.4 Å². The van der Waals surface area contributed by atoms with Crippen LogP contribution < -0.4 is 10.5 Å². The first kappa shape index (κ1) is 8.43. The molecule has 0 amide bonds. The first-order valence-corrected chi connectivity index (χ1v) is 4.01. The molecule has 72 valence electrons. The van der Waals surface area contributed by atoms with Gasteiger partial charge in [0.25, 0.3) is 5.88 Å². The Labute approximate surface area is 80.2 Å². The number of nitrogens with zero attached hydrogens (tertiary/aromatic N) is 1. The normalized spacial score (nSPS) is 10.0. The number of aromatic hydroxyl groups is 1. The van der Waals surface area contributed by atoms with E-state index in [1.54, 1.807) is 18.2 Å². The molecule has 0 unspecified atom stereocenters. The number of nitrogens with one attached hydrogen (secondary N) is 1. The van der Waals surface area contributed by atoms with Gasteiger partial charge in [0.05, 0.1) is 6.33 Å². The van der Waals surface area contributed by atoms with Crippen molar-refractivity contribution in [2.24, 2.45) is 0 Å². The molecule has 0 spiro atoms. The number of imidazole rings is 1. The van der Waals surface area contributed by atoms with E-state index in [1.807, 2.05) is 0 Å². The number of phenolic OH excluding ortho intramolecular Hbond substituents is 1. The number of benzene rings is 1. The number of aromatic amines is 1. The highest BCUT2D eigenvalue weighted by atomic mass is 16.5. The van der Waals surface area contributed by atoms with Crippen molar-refractivity contribution < 1.29 is 9.84 Å². The molecule has 0 saturated carbocycles. The van der Waals surface area contributed by atoms with Gasteiger partial charge in [0.2, 0.25) is 0 Å². The number of H-pyrrole nitrogens is 1. The van der Waals surface area contributed by atoms with Gasteiger partial charge in [0.1, 0.15) is 11.5 Å². The van der Waals surface area contributed by atoms with Crippen molar-refractivity contribution in [3.05, 3.63) is 30.6 Å². The fourth-order valence-electron chi connectivity index (χ4n) is 1.03. The maximum absolute atomic E-state index is 9.17. The van der Waals surface area contributed by atoms with E-state index in [9.17, 15) is 5.11 Å². The molecular formula is C9H9N3O2. The molecule has 0 fully saturated rings. The van der Waals surface area contributed by atoms with E-state index in [0.717, 1.165) is 0 Å². The fraction of sp³-hybridized carbons (Fsp3) is 0. The summed E-state index contributed by atoms with van der Waals surface area (Å²) >= 11 is 0. The molecule has 1 aromatic heterocycles. The van der Waals surface area contributed by atoms with Gasteiger partial charge < -0.3 is 20.6 Å². The molecule has 0 radical (unpaired) electrons. The Morgan fingerprint density at radius 1 is 1.43 bits per heavy atom. The summed E-state index contributed by atoms with van der Waals surface area (Å²) in [5.74, 6) is 1.28. The maximum atomic E-state index is 9.17. The van der Waals surface area contributed by atoms with Gasteiger partial charge in [-0.15, -0.1) is 0 Å². The molecule has 0 aliphatic carbocycles. The highest BCUT2D eigenvalue weighted by molar-refractivity contribution is 5.43. The van der Waals surface area contributed by atoms with Gasteiger partial charge >= 0.3 is 0 Å². The second-order valence-corrected chi connectivity index (χ2v) is 2.72. The van der Waals surface area contributed by atoms with Crippen molar-refractivity contribution >= 4 is 5.82 Å². The van der Waals surface area contributed by atoms with Gasteiger partial charge in [-0.2, -0.15) is 0 Å². The van der Waals surface area contributed by atoms with Gasteiger partial charge in [-0.3, -0.25) is 0 Å². The SMILES string of the molecule is Nc1[nH]cnc1Oc1cccc(O)c1. The molecule has 5 heteroatoms. The molecule has 5 nitrogen and oxygen atoms in total. The Morgan fingerprint density at radius 2 is 2.29 bits per heavy atom. The first-order valence-electron chi connectivity index (χ1n) is 4.01. The molecule has 1 heterocycles. The third kappa shape index (κ3) is 1.61. The first-order chi connectivity index (χ1) is 6.75. The van der Waals surface area contributed by atoms with E-state index < -0.39 is 0 Å². The van der Waals surface area contributed by atoms with E-state index in [4.69, 9.17) is 10.5 Å². The molecule has 0 aliphatic heterocycles. The van der Waals surface area contributed by atoms with Crippen LogP contribution >= 0.6 is 0 Å². The van der Waals surface area contributed by atoms with Crippen LogP contribution in [0, 0.1) is 0 Å². The molecule has 0 saturated heterocycles. The summed E-state index contributed by atoms with van der Waals surface area (Å²) in [6, 6.07) is 6.41. The predicted molar refractivity (Wildman–Crippen MR) is 51.2 cm³/mol. The standard InChI is InChI=1S/C9H9N3O2/c10-8-9(12-5-11-8)14-7-3-1-2-6(13)4-7/h1-5,13H,10H2,(H,11,12). The van der Waals surface area contributed by atoms with E-state index in [-0.39, 0.29) is 5.75 Å². The quantitative estimate of drug-likeness (QED) is 0.671. The van der Waals surface area contributed by atoms with Crippen LogP contribution in [0.2, 0.25) is 0 Å². The Morgan fingerprint density at radius 3 is 2.93 bits per heavy atom. The van der Waals surface area contributed by atoms with Crippen molar-refractivity contribution in [2.45, 2.75) is 0 Å². The van der Waals surface area contributed by atoms with E-state index in [2.05, 4.69) is 9.97 Å². The zero-order valence-electron chi connectivity index (χ0n) is 7.27. The fourth-order valence-corrected chi connectivity index (χ4v) is 1.03. The monoisotopic (exact) mass is 191 g/mol. The molecule has 2 rings (SSSR count). The minimum Gasteiger partial charge on any atom is -0.508 e. The molecular weight excluding hydrogens is 182 g/mol. The molecule has 0 bridgehead atoms. The Hall–Kier alpha value is -2.17. The van der Waals surface area contributed by atoms with Crippen LogP contribution in [0.3, 0.4) is 0 Å². The van der Waals surface area contributed by atoms with E-state index in [0.29, 0.717) is 17.4 Å². The zero-order valence-corrected chi connectivity index (χ0v) is 7.27. The number of hydrogen-bond acceptors (Lipinski definition) is 4. The zero-order chi connectivity index (χ0) is 9.97. The topological polar surface area (TPSA) is 84.2 Å². The van der Waals surface area contributed by atoms with Crippen molar-refractivity contribution in [1.29, 1.82) is 0 Å².